The van der Waals surface area contributed by atoms with Gasteiger partial charge in [0.25, 0.3) is 8.32 Å². The lowest BCUT2D eigenvalue weighted by Crippen LogP contribution is -2.66. The summed E-state index contributed by atoms with van der Waals surface area (Å²) in [5.74, 6) is -0.800. The van der Waals surface area contributed by atoms with E-state index in [-0.39, 0.29) is 17.6 Å². The molecule has 0 aliphatic heterocycles. The van der Waals surface area contributed by atoms with Crippen LogP contribution in [0.4, 0.5) is 0 Å². The standard InChI is InChI=1S/C25H36O5Si/c1-21(19-29-20-24(26)27)18-28-16-11-17-30-31(25(2,3)4,22-12-7-5-8-13-22)23-14-9-6-10-15-23/h5-10,12-15,21H,11,16-20H2,1-4H3,(H,26,27). The van der Waals surface area contributed by atoms with E-state index in [2.05, 4.69) is 69.3 Å². The minimum absolute atomic E-state index is 0.0352. The van der Waals surface area contributed by atoms with E-state index in [0.717, 1.165) is 6.42 Å². The molecule has 0 saturated carbocycles. The van der Waals surface area contributed by atoms with Gasteiger partial charge in [-0.2, -0.15) is 0 Å². The van der Waals surface area contributed by atoms with Crippen molar-refractivity contribution in [3.63, 3.8) is 0 Å². The topological polar surface area (TPSA) is 65.0 Å². The first-order valence-corrected chi connectivity index (χ1v) is 12.8. The molecule has 0 spiro atoms. The van der Waals surface area contributed by atoms with Crippen molar-refractivity contribution in [1.29, 1.82) is 0 Å². The van der Waals surface area contributed by atoms with Gasteiger partial charge in [-0.05, 0) is 21.8 Å². The number of hydrogen-bond acceptors (Lipinski definition) is 4. The molecule has 5 nitrogen and oxygen atoms in total. The predicted octanol–water partition coefficient (Wildman–Crippen LogP) is 3.71. The number of ether oxygens (including phenoxy) is 2. The normalized spacial score (nSPS) is 13.2. The number of aliphatic carboxylic acids is 1. The molecule has 0 aromatic heterocycles. The smallest absolute Gasteiger partial charge is 0.329 e. The molecule has 6 heteroatoms. The van der Waals surface area contributed by atoms with Gasteiger partial charge >= 0.3 is 5.97 Å². The molecular weight excluding hydrogens is 408 g/mol. The van der Waals surface area contributed by atoms with Gasteiger partial charge in [0.1, 0.15) is 6.61 Å². The summed E-state index contributed by atoms with van der Waals surface area (Å²) in [4.78, 5) is 10.5. The zero-order valence-corrected chi connectivity index (χ0v) is 20.2. The average Bonchev–Trinajstić information content (AvgIpc) is 2.73. The summed E-state index contributed by atoms with van der Waals surface area (Å²) in [7, 11) is -2.49. The monoisotopic (exact) mass is 444 g/mol. The second kappa shape index (κ2) is 12.1. The SMILES string of the molecule is CC(COCCCO[Si](c1ccccc1)(c1ccccc1)C(C)(C)C)COCC(=O)O. The average molecular weight is 445 g/mol. The molecule has 2 rings (SSSR count). The first kappa shape index (κ1) is 25.3. The molecule has 0 radical (unpaired) electrons. The molecule has 2 aromatic rings. The minimum Gasteiger partial charge on any atom is -0.480 e. The largest absolute Gasteiger partial charge is 0.480 e. The molecular formula is C25H36O5Si. The van der Waals surface area contributed by atoms with Gasteiger partial charge in [0.2, 0.25) is 0 Å². The van der Waals surface area contributed by atoms with Gasteiger partial charge in [0.15, 0.2) is 0 Å². The van der Waals surface area contributed by atoms with Crippen molar-refractivity contribution in [1.82, 2.24) is 0 Å². The molecule has 0 aliphatic carbocycles. The number of benzene rings is 2. The second-order valence-electron chi connectivity index (χ2n) is 8.95. The van der Waals surface area contributed by atoms with E-state index in [4.69, 9.17) is 19.0 Å². The quantitative estimate of drug-likeness (QED) is 0.377. The molecule has 2 aromatic carbocycles. The van der Waals surface area contributed by atoms with Gasteiger partial charge < -0.3 is 19.0 Å². The fourth-order valence-electron chi connectivity index (χ4n) is 3.83. The van der Waals surface area contributed by atoms with E-state index >= 15 is 0 Å². The van der Waals surface area contributed by atoms with Crippen LogP contribution < -0.4 is 10.4 Å². The van der Waals surface area contributed by atoms with Crippen molar-refractivity contribution >= 4 is 24.7 Å². The molecule has 170 valence electrons. The highest BCUT2D eigenvalue weighted by molar-refractivity contribution is 6.99. The molecule has 1 N–H and O–H groups in total. The number of hydrogen-bond donors (Lipinski definition) is 1. The van der Waals surface area contributed by atoms with E-state index in [1.54, 1.807) is 0 Å². The third-order valence-electron chi connectivity index (χ3n) is 5.20. The van der Waals surface area contributed by atoms with Crippen LogP contribution in [0.5, 0.6) is 0 Å². The van der Waals surface area contributed by atoms with Crippen LogP contribution in [-0.4, -0.2) is 52.4 Å². The number of rotatable bonds is 13. The van der Waals surface area contributed by atoms with E-state index in [9.17, 15) is 4.79 Å². The third-order valence-corrected chi connectivity index (χ3v) is 10.2. The lowest BCUT2D eigenvalue weighted by Gasteiger charge is -2.43. The van der Waals surface area contributed by atoms with Crippen molar-refractivity contribution in [3.05, 3.63) is 60.7 Å². The lowest BCUT2D eigenvalue weighted by molar-refractivity contribution is -0.142. The summed E-state index contributed by atoms with van der Waals surface area (Å²) in [5.41, 5.74) is 0. The number of carbonyl (C=O) groups is 1. The summed E-state index contributed by atoms with van der Waals surface area (Å²) in [6.45, 7) is 10.7. The van der Waals surface area contributed by atoms with Gasteiger partial charge in [0.05, 0.1) is 13.2 Å². The molecule has 1 atom stereocenters. The van der Waals surface area contributed by atoms with Crippen molar-refractivity contribution < 1.29 is 23.8 Å². The van der Waals surface area contributed by atoms with Crippen molar-refractivity contribution in [2.45, 2.75) is 39.2 Å². The highest BCUT2D eigenvalue weighted by Crippen LogP contribution is 2.36. The number of carboxylic acid groups (broad SMARTS) is 1. The molecule has 31 heavy (non-hydrogen) atoms. The Balaban J connectivity index is 1.98. The fourth-order valence-corrected chi connectivity index (χ4v) is 8.43. The van der Waals surface area contributed by atoms with Crippen LogP contribution in [0.3, 0.4) is 0 Å². The summed E-state index contributed by atoms with van der Waals surface area (Å²) in [6.07, 6.45) is 0.799. The van der Waals surface area contributed by atoms with Crippen molar-refractivity contribution in [2.75, 3.05) is 33.0 Å². The van der Waals surface area contributed by atoms with E-state index in [0.29, 0.717) is 26.4 Å². The van der Waals surface area contributed by atoms with Gasteiger partial charge in [-0.3, -0.25) is 0 Å². The zero-order chi connectivity index (χ0) is 22.7. The summed E-state index contributed by atoms with van der Waals surface area (Å²) in [5, 5.41) is 11.1. The Bertz CT molecular complexity index is 734. The van der Waals surface area contributed by atoms with E-state index in [1.807, 2.05) is 19.1 Å². The van der Waals surface area contributed by atoms with E-state index < -0.39 is 14.3 Å². The predicted molar refractivity (Wildman–Crippen MR) is 127 cm³/mol. The first-order valence-electron chi connectivity index (χ1n) is 10.9. The maximum Gasteiger partial charge on any atom is 0.329 e. The Hall–Kier alpha value is -1.99. The Kier molecular flexibility index (Phi) is 9.90. The van der Waals surface area contributed by atoms with Gasteiger partial charge in [-0.25, -0.2) is 4.79 Å². The third kappa shape index (κ3) is 7.28. The van der Waals surface area contributed by atoms with Gasteiger partial charge in [-0.1, -0.05) is 88.4 Å². The molecule has 0 bridgehead atoms. The molecule has 0 aliphatic rings. The second-order valence-corrected chi connectivity index (χ2v) is 13.3. The van der Waals surface area contributed by atoms with Crippen LogP contribution in [0.2, 0.25) is 5.04 Å². The van der Waals surface area contributed by atoms with Crippen LogP contribution in [0.15, 0.2) is 60.7 Å². The van der Waals surface area contributed by atoms with Crippen LogP contribution in [-0.2, 0) is 18.7 Å². The van der Waals surface area contributed by atoms with Crippen molar-refractivity contribution in [3.8, 4) is 0 Å². The molecule has 0 heterocycles. The molecule has 0 amide bonds. The van der Waals surface area contributed by atoms with Crippen LogP contribution in [0.25, 0.3) is 0 Å². The van der Waals surface area contributed by atoms with E-state index in [1.165, 1.54) is 10.4 Å². The summed E-state index contributed by atoms with van der Waals surface area (Å²) >= 11 is 0. The summed E-state index contributed by atoms with van der Waals surface area (Å²) < 4.78 is 17.7. The summed E-state index contributed by atoms with van der Waals surface area (Å²) in [6, 6.07) is 21.2. The van der Waals surface area contributed by atoms with Crippen LogP contribution in [0, 0.1) is 5.92 Å². The molecule has 1 unspecified atom stereocenters. The van der Waals surface area contributed by atoms with Crippen molar-refractivity contribution in [2.24, 2.45) is 5.92 Å². The Labute approximate surface area is 187 Å². The highest BCUT2D eigenvalue weighted by Gasteiger charge is 2.49. The van der Waals surface area contributed by atoms with Crippen LogP contribution >= 0.6 is 0 Å². The zero-order valence-electron chi connectivity index (χ0n) is 19.2. The Morgan fingerprint density at radius 1 is 0.903 bits per heavy atom. The fraction of sp³-hybridized carbons (Fsp3) is 0.480. The van der Waals surface area contributed by atoms with Gasteiger partial charge in [0, 0.05) is 19.1 Å². The maximum absolute atomic E-state index is 10.5. The van der Waals surface area contributed by atoms with Gasteiger partial charge in [-0.15, -0.1) is 0 Å². The Morgan fingerprint density at radius 2 is 1.42 bits per heavy atom. The minimum atomic E-state index is -2.49. The molecule has 0 saturated heterocycles. The molecule has 0 fully saturated rings. The Morgan fingerprint density at radius 3 is 1.90 bits per heavy atom. The highest BCUT2D eigenvalue weighted by atomic mass is 28.4. The lowest BCUT2D eigenvalue weighted by atomic mass is 10.2. The van der Waals surface area contributed by atoms with Crippen LogP contribution in [0.1, 0.15) is 34.1 Å². The maximum atomic E-state index is 10.5. The first-order chi connectivity index (χ1) is 14.8. The number of carboxylic acids is 1.